The maximum Gasteiger partial charge on any atom is 0.327 e. The van der Waals surface area contributed by atoms with Crippen molar-refractivity contribution < 1.29 is 9.53 Å². The normalized spacial score (nSPS) is 18.7. The average Bonchev–Trinajstić information content (AvgIpc) is 3.26. The Hall–Kier alpha value is -2.09. The van der Waals surface area contributed by atoms with E-state index in [-0.39, 0.29) is 18.1 Å². The standard InChI is InChI=1S/C24H28Cl2N4O2S/c1-32-20-10-7-16(8-11-20)23-14-18(28-29(23)22-12-9-17(25)13-21(22)26)15-27-24(31)30(33)19-5-3-2-4-6-19/h7-13,19,23,33H,2-6,14-15H2,1H3,(H,27,31). The number of thiol groups is 1. The second-order valence-corrected chi connectivity index (χ2v) is 9.67. The zero-order valence-electron chi connectivity index (χ0n) is 18.5. The van der Waals surface area contributed by atoms with Gasteiger partial charge in [-0.05, 0) is 48.7 Å². The molecule has 9 heteroatoms. The number of ether oxygens (including phenoxy) is 1. The highest BCUT2D eigenvalue weighted by atomic mass is 35.5. The van der Waals surface area contributed by atoms with Gasteiger partial charge in [0.05, 0.1) is 36.1 Å². The van der Waals surface area contributed by atoms with Crippen LogP contribution in [0, 0.1) is 0 Å². The number of carbonyl (C=O) groups excluding carboxylic acids is 1. The predicted octanol–water partition coefficient (Wildman–Crippen LogP) is 6.50. The molecule has 176 valence electrons. The lowest BCUT2D eigenvalue weighted by molar-refractivity contribution is 0.207. The summed E-state index contributed by atoms with van der Waals surface area (Å²) < 4.78 is 6.84. The molecule has 2 aromatic rings. The fourth-order valence-electron chi connectivity index (χ4n) is 4.40. The second kappa shape index (κ2) is 10.9. The van der Waals surface area contributed by atoms with Gasteiger partial charge in [0.1, 0.15) is 5.75 Å². The third kappa shape index (κ3) is 5.70. The Morgan fingerprint density at radius 1 is 1.18 bits per heavy atom. The first-order chi connectivity index (χ1) is 16.0. The zero-order chi connectivity index (χ0) is 23.4. The molecule has 1 heterocycles. The van der Waals surface area contributed by atoms with Crippen LogP contribution in [-0.2, 0) is 0 Å². The number of nitrogens with one attached hydrogen (secondary N) is 1. The number of nitrogens with zero attached hydrogens (tertiary/aromatic N) is 3. The van der Waals surface area contributed by atoms with Crippen LogP contribution in [0.4, 0.5) is 10.5 Å². The van der Waals surface area contributed by atoms with Gasteiger partial charge in [-0.25, -0.2) is 4.79 Å². The Balaban J connectivity index is 1.51. The average molecular weight is 507 g/mol. The van der Waals surface area contributed by atoms with Crippen molar-refractivity contribution in [1.29, 1.82) is 0 Å². The van der Waals surface area contributed by atoms with Crippen molar-refractivity contribution in [3.63, 3.8) is 0 Å². The Kier molecular flexibility index (Phi) is 7.94. The molecule has 2 amide bonds. The first-order valence-corrected chi connectivity index (χ1v) is 12.3. The summed E-state index contributed by atoms with van der Waals surface area (Å²) in [6.45, 7) is 0.344. The fourth-order valence-corrected chi connectivity index (χ4v) is 5.20. The van der Waals surface area contributed by atoms with Gasteiger partial charge in [-0.15, -0.1) is 0 Å². The van der Waals surface area contributed by atoms with E-state index in [2.05, 4.69) is 18.1 Å². The number of rotatable bonds is 6. The Bertz CT molecular complexity index is 1010. The van der Waals surface area contributed by atoms with Crippen LogP contribution in [0.25, 0.3) is 0 Å². The molecule has 6 nitrogen and oxygen atoms in total. The molecule has 1 saturated carbocycles. The topological polar surface area (TPSA) is 57.2 Å². The van der Waals surface area contributed by atoms with Crippen molar-refractivity contribution in [3.05, 3.63) is 58.1 Å². The van der Waals surface area contributed by atoms with E-state index in [4.69, 9.17) is 33.0 Å². The number of anilines is 1. The van der Waals surface area contributed by atoms with E-state index in [1.54, 1.807) is 23.5 Å². The second-order valence-electron chi connectivity index (χ2n) is 8.39. The van der Waals surface area contributed by atoms with Crippen LogP contribution in [0.15, 0.2) is 47.6 Å². The summed E-state index contributed by atoms with van der Waals surface area (Å²) in [6.07, 6.45) is 6.17. The lowest BCUT2D eigenvalue weighted by atomic mass is 9.96. The summed E-state index contributed by atoms with van der Waals surface area (Å²) in [7, 11) is 1.65. The van der Waals surface area contributed by atoms with E-state index in [1.807, 2.05) is 35.3 Å². The predicted molar refractivity (Wildman–Crippen MR) is 138 cm³/mol. The van der Waals surface area contributed by atoms with Crippen molar-refractivity contribution in [3.8, 4) is 5.75 Å². The van der Waals surface area contributed by atoms with Gasteiger partial charge >= 0.3 is 6.03 Å². The molecule has 1 aliphatic carbocycles. The molecule has 1 unspecified atom stereocenters. The maximum atomic E-state index is 12.7. The third-order valence-corrected chi connectivity index (χ3v) is 7.25. The third-order valence-electron chi connectivity index (χ3n) is 6.20. The molecule has 0 bridgehead atoms. The molecule has 1 N–H and O–H groups in total. The van der Waals surface area contributed by atoms with Crippen molar-refractivity contribution in [2.24, 2.45) is 5.10 Å². The van der Waals surface area contributed by atoms with Crippen LogP contribution < -0.4 is 15.1 Å². The summed E-state index contributed by atoms with van der Waals surface area (Å²) in [5.74, 6) is 0.790. The van der Waals surface area contributed by atoms with Gasteiger partial charge in [0.2, 0.25) is 0 Å². The number of benzene rings is 2. The van der Waals surface area contributed by atoms with Gasteiger partial charge in [0.25, 0.3) is 0 Å². The van der Waals surface area contributed by atoms with Crippen LogP contribution in [0.5, 0.6) is 5.75 Å². The molecule has 4 rings (SSSR count). The highest BCUT2D eigenvalue weighted by Gasteiger charge is 2.31. The number of halogens is 2. The Labute approximate surface area is 210 Å². The molecule has 1 fully saturated rings. The monoisotopic (exact) mass is 506 g/mol. The smallest absolute Gasteiger partial charge is 0.327 e. The summed E-state index contributed by atoms with van der Waals surface area (Å²) >= 11 is 17.1. The number of hydrogen-bond acceptors (Lipinski definition) is 5. The molecular formula is C24H28Cl2N4O2S. The van der Waals surface area contributed by atoms with Crippen LogP contribution in [0.3, 0.4) is 0 Å². The van der Waals surface area contributed by atoms with E-state index >= 15 is 0 Å². The summed E-state index contributed by atoms with van der Waals surface area (Å²) in [6, 6.07) is 13.2. The van der Waals surface area contributed by atoms with Gasteiger partial charge in [0.15, 0.2) is 0 Å². The van der Waals surface area contributed by atoms with Crippen molar-refractivity contribution in [2.45, 2.75) is 50.6 Å². The lowest BCUT2D eigenvalue weighted by Gasteiger charge is -2.29. The van der Waals surface area contributed by atoms with Crippen LogP contribution in [-0.4, -0.2) is 35.7 Å². The van der Waals surface area contributed by atoms with Crippen molar-refractivity contribution in [1.82, 2.24) is 9.62 Å². The molecule has 0 radical (unpaired) electrons. The number of amides is 2. The zero-order valence-corrected chi connectivity index (χ0v) is 20.9. The fraction of sp³-hybridized carbons (Fsp3) is 0.417. The summed E-state index contributed by atoms with van der Waals surface area (Å²) in [5.41, 5.74) is 2.70. The number of urea groups is 1. The molecular weight excluding hydrogens is 479 g/mol. The van der Waals surface area contributed by atoms with E-state index in [0.29, 0.717) is 23.0 Å². The minimum absolute atomic E-state index is 0.0630. The minimum atomic E-state index is -0.183. The summed E-state index contributed by atoms with van der Waals surface area (Å²) in [4.78, 5) is 12.7. The first-order valence-electron chi connectivity index (χ1n) is 11.2. The van der Waals surface area contributed by atoms with E-state index in [9.17, 15) is 4.79 Å². The van der Waals surface area contributed by atoms with Crippen molar-refractivity contribution >= 4 is 53.4 Å². The van der Waals surface area contributed by atoms with E-state index in [1.165, 1.54) is 6.42 Å². The van der Waals surface area contributed by atoms with Crippen molar-refractivity contribution in [2.75, 3.05) is 18.7 Å². The molecule has 0 aromatic heterocycles. The highest BCUT2D eigenvalue weighted by molar-refractivity contribution is 7.78. The molecule has 1 aliphatic heterocycles. The molecule has 2 aliphatic rings. The Morgan fingerprint density at radius 3 is 2.58 bits per heavy atom. The minimum Gasteiger partial charge on any atom is -0.497 e. The maximum absolute atomic E-state index is 12.7. The largest absolute Gasteiger partial charge is 0.497 e. The van der Waals surface area contributed by atoms with Crippen LogP contribution in [0.2, 0.25) is 10.0 Å². The van der Waals surface area contributed by atoms with Gasteiger partial charge in [-0.2, -0.15) is 5.10 Å². The highest BCUT2D eigenvalue weighted by Crippen LogP contribution is 2.40. The van der Waals surface area contributed by atoms with E-state index in [0.717, 1.165) is 48.4 Å². The quantitative estimate of drug-likeness (QED) is 0.439. The molecule has 0 spiro atoms. The molecule has 1 atom stereocenters. The van der Waals surface area contributed by atoms with Gasteiger partial charge in [-0.1, -0.05) is 67.4 Å². The number of hydrogen-bond donors (Lipinski definition) is 2. The van der Waals surface area contributed by atoms with Crippen LogP contribution in [0.1, 0.15) is 50.1 Å². The van der Waals surface area contributed by atoms with Gasteiger partial charge < -0.3 is 10.1 Å². The Morgan fingerprint density at radius 2 is 1.91 bits per heavy atom. The van der Waals surface area contributed by atoms with E-state index < -0.39 is 0 Å². The first kappa shape index (κ1) is 24.0. The van der Waals surface area contributed by atoms with Gasteiger partial charge in [-0.3, -0.25) is 9.31 Å². The molecule has 33 heavy (non-hydrogen) atoms. The number of carbonyl (C=O) groups is 1. The molecule has 2 aromatic carbocycles. The number of hydrazone groups is 1. The number of methoxy groups -OCH3 is 1. The molecule has 0 saturated heterocycles. The van der Waals surface area contributed by atoms with Crippen LogP contribution >= 0.6 is 36.0 Å². The lowest BCUT2D eigenvalue weighted by Crippen LogP contribution is -2.42. The van der Waals surface area contributed by atoms with Gasteiger partial charge in [0, 0.05) is 17.5 Å². The SMILES string of the molecule is COc1ccc(C2CC(CNC(=O)N(S)C3CCCCC3)=NN2c2ccc(Cl)cc2Cl)cc1. The summed E-state index contributed by atoms with van der Waals surface area (Å²) in [5, 5.41) is 10.8.